The van der Waals surface area contributed by atoms with Crippen molar-refractivity contribution in [2.24, 2.45) is 16.5 Å². The van der Waals surface area contributed by atoms with Gasteiger partial charge in [0.15, 0.2) is 0 Å². The molecule has 1 heterocycles. The van der Waals surface area contributed by atoms with Crippen LogP contribution in [-0.2, 0) is 22.9 Å². The monoisotopic (exact) mass is 392 g/mol. The van der Waals surface area contributed by atoms with Gasteiger partial charge in [-0.25, -0.2) is 13.6 Å². The van der Waals surface area contributed by atoms with Gasteiger partial charge < -0.3 is 5.32 Å². The number of carbonyl (C=O) groups is 1. The van der Waals surface area contributed by atoms with Crippen molar-refractivity contribution in [2.45, 2.75) is 44.9 Å². The van der Waals surface area contributed by atoms with Crippen molar-refractivity contribution >= 4 is 33.0 Å². The van der Waals surface area contributed by atoms with Crippen LogP contribution in [0.2, 0.25) is 0 Å². The van der Waals surface area contributed by atoms with Crippen LogP contribution in [0.5, 0.6) is 0 Å². The highest BCUT2D eigenvalue weighted by Crippen LogP contribution is 2.40. The van der Waals surface area contributed by atoms with Crippen molar-refractivity contribution < 1.29 is 13.2 Å². The van der Waals surface area contributed by atoms with Gasteiger partial charge in [0.25, 0.3) is 5.91 Å². The summed E-state index contributed by atoms with van der Waals surface area (Å²) in [7, 11) is -3.73. The quantitative estimate of drug-likeness (QED) is 0.832. The van der Waals surface area contributed by atoms with E-state index in [1.54, 1.807) is 23.5 Å². The molecular formula is C19H24N2O3S2. The number of sulfonamides is 1. The molecule has 2 aromatic rings. The Bertz CT molecular complexity index is 923. The highest BCUT2D eigenvalue weighted by Gasteiger charge is 2.30. The van der Waals surface area contributed by atoms with Crippen LogP contribution < -0.4 is 10.5 Å². The molecule has 0 aliphatic heterocycles. The average Bonchev–Trinajstić information content (AvgIpc) is 2.97. The third-order valence-corrected chi connectivity index (χ3v) is 7.14. The number of nitrogens with one attached hydrogen (secondary N) is 1. The molecule has 3 N–H and O–H groups in total. The minimum absolute atomic E-state index is 0.0234. The lowest BCUT2D eigenvalue weighted by Crippen LogP contribution is -2.26. The first-order valence-electron chi connectivity index (χ1n) is 8.60. The van der Waals surface area contributed by atoms with Crippen molar-refractivity contribution in [3.05, 3.63) is 45.6 Å². The Labute approximate surface area is 158 Å². The topological polar surface area (TPSA) is 89.3 Å². The Morgan fingerprint density at radius 3 is 2.46 bits per heavy atom. The molecule has 1 amide bonds. The lowest BCUT2D eigenvalue weighted by molar-refractivity contribution is 0.103. The molecule has 1 atom stereocenters. The number of amides is 1. The SMILES string of the molecule is CC(C)(C)[C@@H]1CCc2sc(C(=O)Nc3ccc(S(N)(=O)=O)cc3)cc2C1. The molecule has 3 rings (SSSR count). The first kappa shape index (κ1) is 19.1. The van der Waals surface area contributed by atoms with Gasteiger partial charge in [0.1, 0.15) is 0 Å². The van der Waals surface area contributed by atoms with E-state index in [9.17, 15) is 13.2 Å². The van der Waals surface area contributed by atoms with E-state index in [-0.39, 0.29) is 16.2 Å². The first-order valence-corrected chi connectivity index (χ1v) is 11.0. The summed E-state index contributed by atoms with van der Waals surface area (Å²) in [6, 6.07) is 7.87. The van der Waals surface area contributed by atoms with Gasteiger partial charge in [0, 0.05) is 10.6 Å². The summed E-state index contributed by atoms with van der Waals surface area (Å²) in [6.07, 6.45) is 3.21. The van der Waals surface area contributed by atoms with Crippen LogP contribution in [0.3, 0.4) is 0 Å². The fourth-order valence-electron chi connectivity index (χ4n) is 3.30. The molecule has 7 heteroatoms. The molecule has 0 saturated heterocycles. The number of nitrogens with two attached hydrogens (primary N) is 1. The largest absolute Gasteiger partial charge is 0.321 e. The van der Waals surface area contributed by atoms with Crippen LogP contribution in [0, 0.1) is 11.3 Å². The number of hydrogen-bond acceptors (Lipinski definition) is 4. The molecule has 0 bridgehead atoms. The van der Waals surface area contributed by atoms with E-state index in [0.29, 0.717) is 16.5 Å². The maximum Gasteiger partial charge on any atom is 0.265 e. The number of hydrogen-bond donors (Lipinski definition) is 2. The van der Waals surface area contributed by atoms with Gasteiger partial charge in [-0.05, 0) is 66.5 Å². The minimum Gasteiger partial charge on any atom is -0.321 e. The summed E-state index contributed by atoms with van der Waals surface area (Å²) in [5.74, 6) is 0.464. The third kappa shape index (κ3) is 4.16. The van der Waals surface area contributed by atoms with E-state index in [1.165, 1.54) is 22.6 Å². The second-order valence-corrected chi connectivity index (χ2v) is 10.6. The molecule has 0 fully saturated rings. The number of rotatable bonds is 3. The smallest absolute Gasteiger partial charge is 0.265 e. The maximum atomic E-state index is 12.5. The summed E-state index contributed by atoms with van der Waals surface area (Å²) >= 11 is 1.55. The van der Waals surface area contributed by atoms with Gasteiger partial charge in [-0.15, -0.1) is 11.3 Å². The van der Waals surface area contributed by atoms with Gasteiger partial charge in [-0.1, -0.05) is 20.8 Å². The third-order valence-electron chi connectivity index (χ3n) is 4.97. The van der Waals surface area contributed by atoms with Gasteiger partial charge in [0.2, 0.25) is 10.0 Å². The van der Waals surface area contributed by atoms with Crippen molar-refractivity contribution in [2.75, 3.05) is 5.32 Å². The van der Waals surface area contributed by atoms with Crippen LogP contribution in [-0.4, -0.2) is 14.3 Å². The standard InChI is InChI=1S/C19H24N2O3S2/c1-19(2,3)13-4-9-16-12(10-13)11-17(25-16)18(22)21-14-5-7-15(8-6-14)26(20,23)24/h5-8,11,13H,4,9-10H2,1-3H3,(H,21,22)(H2,20,23,24)/t13-/m1/s1. The number of thiophene rings is 1. The zero-order valence-corrected chi connectivity index (χ0v) is 16.8. The molecule has 1 aliphatic carbocycles. The number of fused-ring (bicyclic) bond motifs is 1. The van der Waals surface area contributed by atoms with Crippen LogP contribution in [0.4, 0.5) is 5.69 Å². The number of aryl methyl sites for hydroxylation is 1. The zero-order valence-electron chi connectivity index (χ0n) is 15.2. The lowest BCUT2D eigenvalue weighted by Gasteiger charge is -2.33. The molecule has 0 radical (unpaired) electrons. The molecule has 0 spiro atoms. The average molecular weight is 393 g/mol. The Morgan fingerprint density at radius 1 is 1.23 bits per heavy atom. The zero-order chi connectivity index (χ0) is 19.1. The second-order valence-electron chi connectivity index (χ2n) is 7.89. The van der Waals surface area contributed by atoms with Gasteiger partial charge in [-0.2, -0.15) is 0 Å². The summed E-state index contributed by atoms with van der Waals surface area (Å²) in [6.45, 7) is 6.82. The number of benzene rings is 1. The molecule has 0 unspecified atom stereocenters. The van der Waals surface area contributed by atoms with Crippen molar-refractivity contribution in [3.63, 3.8) is 0 Å². The summed E-state index contributed by atoms with van der Waals surface area (Å²) in [5, 5.41) is 7.91. The number of primary sulfonamides is 1. The van der Waals surface area contributed by atoms with Gasteiger partial charge in [-0.3, -0.25) is 4.79 Å². The fourth-order valence-corrected chi connectivity index (χ4v) is 4.91. The van der Waals surface area contributed by atoms with Crippen molar-refractivity contribution in [1.82, 2.24) is 0 Å². The number of carbonyl (C=O) groups excluding carboxylic acids is 1. The summed E-state index contributed by atoms with van der Waals surface area (Å²) < 4.78 is 22.6. The minimum atomic E-state index is -3.73. The van der Waals surface area contributed by atoms with E-state index in [4.69, 9.17) is 5.14 Å². The summed E-state index contributed by atoms with van der Waals surface area (Å²) in [5.41, 5.74) is 2.10. The molecule has 140 valence electrons. The van der Waals surface area contributed by atoms with Crippen LogP contribution >= 0.6 is 11.3 Å². The predicted molar refractivity (Wildman–Crippen MR) is 105 cm³/mol. The molecule has 0 saturated carbocycles. The Balaban J connectivity index is 1.73. The Morgan fingerprint density at radius 2 is 1.88 bits per heavy atom. The Kier molecular flexibility index (Phi) is 4.98. The lowest BCUT2D eigenvalue weighted by atomic mass is 9.72. The molecule has 26 heavy (non-hydrogen) atoms. The predicted octanol–water partition coefficient (Wildman–Crippen LogP) is 3.80. The van der Waals surface area contributed by atoms with E-state index < -0.39 is 10.0 Å². The van der Waals surface area contributed by atoms with E-state index in [0.717, 1.165) is 19.3 Å². The first-order chi connectivity index (χ1) is 12.0. The van der Waals surface area contributed by atoms with Crippen LogP contribution in [0.15, 0.2) is 35.2 Å². The molecule has 1 aliphatic rings. The summed E-state index contributed by atoms with van der Waals surface area (Å²) in [4.78, 5) is 14.6. The maximum absolute atomic E-state index is 12.5. The van der Waals surface area contributed by atoms with E-state index >= 15 is 0 Å². The van der Waals surface area contributed by atoms with Crippen LogP contribution in [0.25, 0.3) is 0 Å². The normalized spacial score (nSPS) is 17.6. The van der Waals surface area contributed by atoms with E-state index in [1.807, 2.05) is 6.07 Å². The van der Waals surface area contributed by atoms with Gasteiger partial charge >= 0.3 is 0 Å². The fraction of sp³-hybridized carbons (Fsp3) is 0.421. The molecule has 1 aromatic carbocycles. The molecular weight excluding hydrogens is 368 g/mol. The second kappa shape index (κ2) is 6.79. The van der Waals surface area contributed by atoms with Crippen molar-refractivity contribution in [3.8, 4) is 0 Å². The van der Waals surface area contributed by atoms with E-state index in [2.05, 4.69) is 26.1 Å². The highest BCUT2D eigenvalue weighted by molar-refractivity contribution is 7.89. The molecule has 1 aromatic heterocycles. The van der Waals surface area contributed by atoms with Gasteiger partial charge in [0.05, 0.1) is 9.77 Å². The van der Waals surface area contributed by atoms with Crippen LogP contribution in [0.1, 0.15) is 47.3 Å². The number of anilines is 1. The Hall–Kier alpha value is -1.70. The molecule has 5 nitrogen and oxygen atoms in total. The van der Waals surface area contributed by atoms with Crippen molar-refractivity contribution in [1.29, 1.82) is 0 Å². The highest BCUT2D eigenvalue weighted by atomic mass is 32.2.